The molecule has 8 heteroatoms. The molecule has 0 spiro atoms. The summed E-state index contributed by atoms with van der Waals surface area (Å²) in [6, 6.07) is 35.4. The van der Waals surface area contributed by atoms with Crippen LogP contribution in [0.1, 0.15) is 92.7 Å². The average Bonchev–Trinajstić information content (AvgIpc) is 3.16. The van der Waals surface area contributed by atoms with E-state index in [1.165, 1.54) is 12.5 Å². The van der Waals surface area contributed by atoms with Gasteiger partial charge in [-0.15, -0.1) is 0 Å². The van der Waals surface area contributed by atoms with Gasteiger partial charge in [0.2, 0.25) is 11.8 Å². The number of likely N-dealkylation sites (N-methyl/N-ethyl adjacent to an activating group) is 1. The Hall–Kier alpha value is -4.34. The van der Waals surface area contributed by atoms with Crippen LogP contribution in [0.3, 0.4) is 0 Å². The second-order valence-electron chi connectivity index (χ2n) is 13.7. The van der Waals surface area contributed by atoms with Crippen molar-refractivity contribution in [1.29, 1.82) is 0 Å². The first-order valence-corrected chi connectivity index (χ1v) is 18.2. The Morgan fingerprint density at radius 3 is 2.24 bits per heavy atom. The molecule has 0 aromatic heterocycles. The van der Waals surface area contributed by atoms with Crippen LogP contribution in [0.15, 0.2) is 103 Å². The van der Waals surface area contributed by atoms with Crippen LogP contribution in [0.2, 0.25) is 0 Å². The summed E-state index contributed by atoms with van der Waals surface area (Å²) >= 11 is 0. The molecular weight excluding hydrogens is 638 g/mol. The molecule has 1 fully saturated rings. The number of hydrogen-bond acceptors (Lipinski definition) is 6. The fourth-order valence-electron chi connectivity index (χ4n) is 6.59. The second kappa shape index (κ2) is 18.8. The smallest absolute Gasteiger partial charge is 0.220 e. The molecule has 0 saturated carbocycles. The van der Waals surface area contributed by atoms with Gasteiger partial charge in [0.15, 0.2) is 6.29 Å². The van der Waals surface area contributed by atoms with Gasteiger partial charge in [-0.25, -0.2) is 0 Å². The number of rotatable bonds is 16. The molecule has 3 N–H and O–H groups in total. The largest absolute Gasteiger partial charge is 0.392 e. The summed E-state index contributed by atoms with van der Waals surface area (Å²) in [5.74, 6) is 0.0996. The van der Waals surface area contributed by atoms with E-state index in [0.717, 1.165) is 59.2 Å². The third kappa shape index (κ3) is 10.8. The van der Waals surface area contributed by atoms with Gasteiger partial charge in [-0.1, -0.05) is 110 Å². The Morgan fingerprint density at radius 1 is 0.804 bits per heavy atom. The molecule has 270 valence electrons. The molecule has 0 aliphatic carbocycles. The monoisotopic (exact) mass is 691 g/mol. The van der Waals surface area contributed by atoms with E-state index in [1.54, 1.807) is 0 Å². The van der Waals surface area contributed by atoms with Crippen LogP contribution in [-0.2, 0) is 32.2 Å². The zero-order chi connectivity index (χ0) is 36.2. The fraction of sp³-hybridized carbons (Fsp3) is 0.395. The third-order valence-electron chi connectivity index (χ3n) is 9.92. The van der Waals surface area contributed by atoms with Crippen molar-refractivity contribution in [2.24, 2.45) is 5.92 Å². The first kappa shape index (κ1) is 37.9. The zero-order valence-corrected chi connectivity index (χ0v) is 30.4. The summed E-state index contributed by atoms with van der Waals surface area (Å²) < 4.78 is 13.5. The van der Waals surface area contributed by atoms with E-state index in [-0.39, 0.29) is 42.6 Å². The third-order valence-corrected chi connectivity index (χ3v) is 9.92. The van der Waals surface area contributed by atoms with Crippen molar-refractivity contribution in [3.05, 3.63) is 131 Å². The Balaban J connectivity index is 1.24. The lowest BCUT2D eigenvalue weighted by Crippen LogP contribution is -2.44. The van der Waals surface area contributed by atoms with Crippen LogP contribution in [0, 0.1) is 5.92 Å². The van der Waals surface area contributed by atoms with Gasteiger partial charge in [-0.05, 0) is 66.3 Å². The van der Waals surface area contributed by atoms with E-state index in [9.17, 15) is 14.7 Å². The topological polar surface area (TPSA) is 100 Å². The Kier molecular flexibility index (Phi) is 13.9. The number of ether oxygens (including phenoxy) is 2. The average molecular weight is 692 g/mol. The number of amides is 2. The first-order valence-electron chi connectivity index (χ1n) is 18.2. The minimum absolute atomic E-state index is 0.00478. The highest BCUT2D eigenvalue weighted by Gasteiger charge is 2.39. The normalized spacial score (nSPS) is 19.4. The Bertz CT molecular complexity index is 1680. The van der Waals surface area contributed by atoms with Crippen LogP contribution in [0.4, 0.5) is 0 Å². The highest BCUT2D eigenvalue weighted by molar-refractivity contribution is 5.76. The number of benzene rings is 4. The molecule has 1 heterocycles. The van der Waals surface area contributed by atoms with Crippen molar-refractivity contribution in [3.63, 3.8) is 0 Å². The number of aliphatic hydroxyl groups excluding tert-OH is 1. The summed E-state index contributed by atoms with van der Waals surface area (Å²) in [5, 5.41) is 15.4. The van der Waals surface area contributed by atoms with Gasteiger partial charge in [0.1, 0.15) is 0 Å². The summed E-state index contributed by atoms with van der Waals surface area (Å²) in [5.41, 5.74) is 7.33. The van der Waals surface area contributed by atoms with Crippen LogP contribution in [0.25, 0.3) is 11.1 Å². The number of carbonyl (C=O) groups is 2. The van der Waals surface area contributed by atoms with Gasteiger partial charge in [-0.2, -0.15) is 0 Å². The first-order chi connectivity index (χ1) is 24.7. The summed E-state index contributed by atoms with van der Waals surface area (Å²) in [4.78, 5) is 25.8. The summed E-state index contributed by atoms with van der Waals surface area (Å²) in [7, 11) is 2.15. The predicted molar refractivity (Wildman–Crippen MR) is 201 cm³/mol. The number of unbranched alkanes of at least 4 members (excludes halogenated alkanes) is 2. The maximum atomic E-state index is 12.4. The van der Waals surface area contributed by atoms with Crippen molar-refractivity contribution in [2.75, 3.05) is 20.1 Å². The SMILES string of the molecule is CC(=O)NCCCCCC(=O)NCc1cccc(-c2ccc(C3OC(CN(C)C(C)c4ccccc4)C(C)C(c4ccc(CO)cc4)O3)cc2)c1. The minimum Gasteiger partial charge on any atom is -0.392 e. The quantitative estimate of drug-likeness (QED) is 0.105. The Morgan fingerprint density at radius 2 is 1.53 bits per heavy atom. The lowest BCUT2D eigenvalue weighted by Gasteiger charge is -2.43. The number of nitrogens with one attached hydrogen (secondary N) is 2. The van der Waals surface area contributed by atoms with E-state index in [4.69, 9.17) is 9.47 Å². The standard InChI is InChI=1S/C43H53N3O5/c1-30-40(28-46(4)31(2)35-13-7-5-8-14-35)50-43(51-42(30)37-19-17-33(29-47)18-20-37)38-23-21-36(22-24-38)39-15-11-12-34(26-39)27-45-41(49)16-9-6-10-25-44-32(3)48/h5,7-8,11-15,17-24,26,30-31,40,42-43,47H,6,9-10,16,25,27-29H2,1-4H3,(H,44,48)(H,45,49). The van der Waals surface area contributed by atoms with Gasteiger partial charge < -0.3 is 25.2 Å². The maximum absolute atomic E-state index is 12.4. The Labute approximate surface area is 303 Å². The van der Waals surface area contributed by atoms with E-state index in [1.807, 2.05) is 30.3 Å². The van der Waals surface area contributed by atoms with Crippen molar-refractivity contribution < 1.29 is 24.2 Å². The maximum Gasteiger partial charge on any atom is 0.220 e. The molecule has 1 aliphatic rings. The molecule has 1 aliphatic heterocycles. The predicted octanol–water partition coefficient (Wildman–Crippen LogP) is 7.64. The molecular formula is C43H53N3O5. The molecule has 51 heavy (non-hydrogen) atoms. The number of aliphatic hydroxyl groups is 1. The molecule has 0 bridgehead atoms. The molecule has 8 nitrogen and oxygen atoms in total. The van der Waals surface area contributed by atoms with Crippen LogP contribution < -0.4 is 10.6 Å². The highest BCUT2D eigenvalue weighted by atomic mass is 16.7. The summed E-state index contributed by atoms with van der Waals surface area (Å²) in [6.45, 7) is 7.80. The molecule has 4 aromatic carbocycles. The molecule has 2 amide bonds. The number of nitrogens with zero attached hydrogens (tertiary/aromatic N) is 1. The molecule has 5 atom stereocenters. The molecule has 5 unspecified atom stereocenters. The lowest BCUT2D eigenvalue weighted by atomic mass is 9.89. The minimum atomic E-state index is -0.546. The molecule has 5 rings (SSSR count). The lowest BCUT2D eigenvalue weighted by molar-refractivity contribution is -0.276. The van der Waals surface area contributed by atoms with E-state index in [2.05, 4.69) is 109 Å². The zero-order valence-electron chi connectivity index (χ0n) is 30.4. The van der Waals surface area contributed by atoms with Crippen LogP contribution in [-0.4, -0.2) is 48.1 Å². The van der Waals surface area contributed by atoms with E-state index in [0.29, 0.717) is 19.5 Å². The van der Waals surface area contributed by atoms with Crippen molar-refractivity contribution >= 4 is 11.8 Å². The van der Waals surface area contributed by atoms with E-state index < -0.39 is 6.29 Å². The van der Waals surface area contributed by atoms with Gasteiger partial charge in [0, 0.05) is 50.5 Å². The fourth-order valence-corrected chi connectivity index (χ4v) is 6.59. The molecule has 0 radical (unpaired) electrons. The van der Waals surface area contributed by atoms with Crippen molar-refractivity contribution in [2.45, 2.75) is 84.1 Å². The molecule has 4 aromatic rings. The van der Waals surface area contributed by atoms with Gasteiger partial charge >= 0.3 is 0 Å². The highest BCUT2D eigenvalue weighted by Crippen LogP contribution is 2.42. The van der Waals surface area contributed by atoms with E-state index >= 15 is 0 Å². The van der Waals surface area contributed by atoms with Crippen molar-refractivity contribution in [3.8, 4) is 11.1 Å². The van der Waals surface area contributed by atoms with Gasteiger partial charge in [0.25, 0.3) is 0 Å². The number of hydrogen-bond donors (Lipinski definition) is 3. The second-order valence-corrected chi connectivity index (χ2v) is 13.7. The number of carbonyl (C=O) groups excluding carboxylic acids is 2. The molecule has 1 saturated heterocycles. The van der Waals surface area contributed by atoms with Gasteiger partial charge in [0.05, 0.1) is 18.8 Å². The van der Waals surface area contributed by atoms with Crippen molar-refractivity contribution in [1.82, 2.24) is 15.5 Å². The van der Waals surface area contributed by atoms with Crippen LogP contribution in [0.5, 0.6) is 0 Å². The van der Waals surface area contributed by atoms with Gasteiger partial charge in [-0.3, -0.25) is 14.5 Å². The van der Waals surface area contributed by atoms with Crippen LogP contribution >= 0.6 is 0 Å². The summed E-state index contributed by atoms with van der Waals surface area (Å²) in [6.07, 6.45) is 2.23.